The van der Waals surface area contributed by atoms with E-state index >= 15 is 0 Å². The highest BCUT2D eigenvalue weighted by atomic mass is 32.2. The van der Waals surface area contributed by atoms with Crippen LogP contribution in [0.5, 0.6) is 5.75 Å². The lowest BCUT2D eigenvalue weighted by Crippen LogP contribution is -2.51. The molecule has 1 atom stereocenters. The van der Waals surface area contributed by atoms with Gasteiger partial charge in [-0.15, -0.1) is 0 Å². The number of ether oxygens (including phenoxy) is 1. The van der Waals surface area contributed by atoms with Gasteiger partial charge in [0.25, 0.3) is 0 Å². The molecule has 1 amide bonds. The van der Waals surface area contributed by atoms with Gasteiger partial charge in [-0.2, -0.15) is 4.31 Å². The molecule has 8 heteroatoms. The summed E-state index contributed by atoms with van der Waals surface area (Å²) in [7, 11) is -3.52. The van der Waals surface area contributed by atoms with E-state index in [2.05, 4.69) is 5.32 Å². The van der Waals surface area contributed by atoms with Gasteiger partial charge < -0.3 is 10.1 Å². The quantitative estimate of drug-likeness (QED) is 0.732. The molecule has 0 aliphatic carbocycles. The minimum Gasteiger partial charge on any atom is -0.494 e. The van der Waals surface area contributed by atoms with Crippen molar-refractivity contribution in [1.82, 2.24) is 14.5 Å². The van der Waals surface area contributed by atoms with Gasteiger partial charge in [-0.1, -0.05) is 6.92 Å². The van der Waals surface area contributed by atoms with Crippen LogP contribution in [0.25, 0.3) is 0 Å². The normalized spacial score (nSPS) is 17.7. The Balaban J connectivity index is 1.90. The second-order valence-corrected chi connectivity index (χ2v) is 8.40. The molecule has 0 aromatic heterocycles. The van der Waals surface area contributed by atoms with Crippen molar-refractivity contribution in [1.29, 1.82) is 0 Å². The van der Waals surface area contributed by atoms with E-state index in [1.54, 1.807) is 24.3 Å². The third-order valence-electron chi connectivity index (χ3n) is 4.49. The third-order valence-corrected chi connectivity index (χ3v) is 6.40. The Kier molecular flexibility index (Phi) is 7.43. The Hall–Kier alpha value is -1.64. The van der Waals surface area contributed by atoms with Gasteiger partial charge in [-0.3, -0.25) is 9.69 Å². The maximum Gasteiger partial charge on any atom is 0.243 e. The number of benzene rings is 1. The number of sulfonamides is 1. The first kappa shape index (κ1) is 20.7. The number of hydrogen-bond acceptors (Lipinski definition) is 5. The lowest BCUT2D eigenvalue weighted by atomic mass is 10.2. The monoisotopic (exact) mass is 383 g/mol. The Labute approximate surface area is 156 Å². The maximum absolute atomic E-state index is 12.8. The minimum atomic E-state index is -3.52. The number of rotatable bonds is 8. The van der Waals surface area contributed by atoms with Crippen molar-refractivity contribution in [3.63, 3.8) is 0 Å². The summed E-state index contributed by atoms with van der Waals surface area (Å²) < 4.78 is 32.3. The number of piperazine rings is 1. The van der Waals surface area contributed by atoms with E-state index in [9.17, 15) is 13.2 Å². The lowest BCUT2D eigenvalue weighted by Gasteiger charge is -2.33. The summed E-state index contributed by atoms with van der Waals surface area (Å²) in [5, 5.41) is 2.94. The van der Waals surface area contributed by atoms with Gasteiger partial charge in [0.15, 0.2) is 0 Å². The molecule has 1 heterocycles. The topological polar surface area (TPSA) is 79.0 Å². The SMILES string of the molecule is CCOc1ccc(S(=O)(=O)N2CCN(CC(=O)N[C@H](C)CC)CC2)cc1. The average Bonchev–Trinajstić information content (AvgIpc) is 2.62. The second kappa shape index (κ2) is 9.34. The molecule has 0 saturated carbocycles. The van der Waals surface area contributed by atoms with Crippen molar-refractivity contribution < 1.29 is 17.9 Å². The fraction of sp³-hybridized carbons (Fsp3) is 0.611. The molecule has 1 aliphatic rings. The van der Waals surface area contributed by atoms with Crippen LogP contribution in [-0.2, 0) is 14.8 Å². The number of amides is 1. The molecule has 1 aliphatic heterocycles. The summed E-state index contributed by atoms with van der Waals surface area (Å²) in [6.45, 7) is 8.58. The highest BCUT2D eigenvalue weighted by Crippen LogP contribution is 2.20. The summed E-state index contributed by atoms with van der Waals surface area (Å²) >= 11 is 0. The van der Waals surface area contributed by atoms with Gasteiger partial charge in [-0.25, -0.2) is 8.42 Å². The molecule has 7 nitrogen and oxygen atoms in total. The van der Waals surface area contributed by atoms with Gasteiger partial charge in [0, 0.05) is 32.2 Å². The lowest BCUT2D eigenvalue weighted by molar-refractivity contribution is -0.123. The molecule has 0 radical (unpaired) electrons. The highest BCUT2D eigenvalue weighted by molar-refractivity contribution is 7.89. The molecule has 26 heavy (non-hydrogen) atoms. The maximum atomic E-state index is 12.8. The number of nitrogens with one attached hydrogen (secondary N) is 1. The number of nitrogens with zero attached hydrogens (tertiary/aromatic N) is 2. The number of hydrogen-bond donors (Lipinski definition) is 1. The van der Waals surface area contributed by atoms with Crippen LogP contribution in [0, 0.1) is 0 Å². The Morgan fingerprint density at radius 1 is 1.15 bits per heavy atom. The van der Waals surface area contributed by atoms with E-state index < -0.39 is 10.0 Å². The van der Waals surface area contributed by atoms with Crippen LogP contribution in [0.15, 0.2) is 29.2 Å². The van der Waals surface area contributed by atoms with Crippen molar-refractivity contribution >= 4 is 15.9 Å². The zero-order valence-electron chi connectivity index (χ0n) is 15.8. The van der Waals surface area contributed by atoms with Crippen molar-refractivity contribution in [2.24, 2.45) is 0 Å². The molecule has 0 spiro atoms. The number of carbonyl (C=O) groups excluding carboxylic acids is 1. The molecule has 146 valence electrons. The second-order valence-electron chi connectivity index (χ2n) is 6.46. The fourth-order valence-electron chi connectivity index (χ4n) is 2.78. The Morgan fingerprint density at radius 3 is 2.31 bits per heavy atom. The van der Waals surface area contributed by atoms with Crippen LogP contribution in [0.1, 0.15) is 27.2 Å². The van der Waals surface area contributed by atoms with Gasteiger partial charge >= 0.3 is 0 Å². The van der Waals surface area contributed by atoms with Crippen molar-refractivity contribution in [3.05, 3.63) is 24.3 Å². The summed E-state index contributed by atoms with van der Waals surface area (Å²) in [5.41, 5.74) is 0. The van der Waals surface area contributed by atoms with Crippen LogP contribution in [0.4, 0.5) is 0 Å². The average molecular weight is 384 g/mol. The molecule has 1 saturated heterocycles. The van der Waals surface area contributed by atoms with E-state index in [4.69, 9.17) is 4.74 Å². The first-order valence-electron chi connectivity index (χ1n) is 9.11. The molecule has 1 aromatic carbocycles. The number of carbonyl (C=O) groups is 1. The molecule has 0 bridgehead atoms. The molecule has 1 N–H and O–H groups in total. The first-order valence-corrected chi connectivity index (χ1v) is 10.6. The molecule has 1 fully saturated rings. The van der Waals surface area contributed by atoms with E-state index in [0.29, 0.717) is 45.1 Å². The van der Waals surface area contributed by atoms with E-state index in [1.807, 2.05) is 25.7 Å². The highest BCUT2D eigenvalue weighted by Gasteiger charge is 2.29. The molecule has 1 aromatic rings. The van der Waals surface area contributed by atoms with Gasteiger partial charge in [-0.05, 0) is 44.5 Å². The van der Waals surface area contributed by atoms with Crippen molar-refractivity contribution in [3.8, 4) is 5.75 Å². The van der Waals surface area contributed by atoms with Crippen molar-refractivity contribution in [2.75, 3.05) is 39.3 Å². The molecule has 2 rings (SSSR count). The van der Waals surface area contributed by atoms with Crippen LogP contribution in [0.3, 0.4) is 0 Å². The molecule has 0 unspecified atom stereocenters. The predicted octanol–water partition coefficient (Wildman–Crippen LogP) is 1.31. The largest absolute Gasteiger partial charge is 0.494 e. The summed E-state index contributed by atoms with van der Waals surface area (Å²) in [4.78, 5) is 14.2. The van der Waals surface area contributed by atoms with Crippen LogP contribution >= 0.6 is 0 Å². The fourth-order valence-corrected chi connectivity index (χ4v) is 4.20. The van der Waals surface area contributed by atoms with Gasteiger partial charge in [0.2, 0.25) is 15.9 Å². The van der Waals surface area contributed by atoms with Crippen LogP contribution < -0.4 is 10.1 Å². The van der Waals surface area contributed by atoms with Crippen molar-refractivity contribution in [2.45, 2.75) is 38.1 Å². The minimum absolute atomic E-state index is 0.0119. The summed E-state index contributed by atoms with van der Waals surface area (Å²) in [6, 6.07) is 6.65. The zero-order valence-corrected chi connectivity index (χ0v) is 16.6. The first-order chi connectivity index (χ1) is 12.4. The predicted molar refractivity (Wildman–Crippen MR) is 101 cm³/mol. The van der Waals surface area contributed by atoms with Gasteiger partial charge in [0.1, 0.15) is 5.75 Å². The summed E-state index contributed by atoms with van der Waals surface area (Å²) in [6.07, 6.45) is 0.889. The third kappa shape index (κ3) is 5.43. The summed E-state index contributed by atoms with van der Waals surface area (Å²) in [5.74, 6) is 0.644. The van der Waals surface area contributed by atoms with Crippen LogP contribution in [0.2, 0.25) is 0 Å². The van der Waals surface area contributed by atoms with E-state index in [1.165, 1.54) is 4.31 Å². The molecular weight excluding hydrogens is 354 g/mol. The molecular formula is C18H29N3O4S. The van der Waals surface area contributed by atoms with E-state index in [-0.39, 0.29) is 16.8 Å². The Bertz CT molecular complexity index is 683. The van der Waals surface area contributed by atoms with Gasteiger partial charge in [0.05, 0.1) is 18.0 Å². The smallest absolute Gasteiger partial charge is 0.243 e. The zero-order chi connectivity index (χ0) is 19.2. The standard InChI is InChI=1S/C18H29N3O4S/c1-4-15(3)19-18(22)14-20-10-12-21(13-11-20)26(23,24)17-8-6-16(7-9-17)25-5-2/h6-9,15H,4-5,10-14H2,1-3H3,(H,19,22)/t15-/m1/s1. The van der Waals surface area contributed by atoms with E-state index in [0.717, 1.165) is 6.42 Å². The van der Waals surface area contributed by atoms with Crippen LogP contribution in [-0.4, -0.2) is 68.9 Å². The Morgan fingerprint density at radius 2 is 1.77 bits per heavy atom.